The molecule has 0 radical (unpaired) electrons. The first-order chi connectivity index (χ1) is 9.26. The van der Waals surface area contributed by atoms with Crippen LogP contribution in [0, 0.1) is 6.92 Å². The summed E-state index contributed by atoms with van der Waals surface area (Å²) in [6.45, 7) is 5.79. The minimum atomic E-state index is 0.137. The molecule has 1 heterocycles. The monoisotopic (exact) mass is 259 g/mol. The van der Waals surface area contributed by atoms with Gasteiger partial charge >= 0.3 is 0 Å². The highest BCUT2D eigenvalue weighted by molar-refractivity contribution is 5.76. The van der Waals surface area contributed by atoms with Crippen molar-refractivity contribution in [3.63, 3.8) is 0 Å². The van der Waals surface area contributed by atoms with Crippen LogP contribution in [0.5, 0.6) is 0 Å². The van der Waals surface area contributed by atoms with Gasteiger partial charge in [0, 0.05) is 13.1 Å². The Labute approximate surface area is 114 Å². The van der Waals surface area contributed by atoms with Crippen LogP contribution < -0.4 is 4.90 Å². The first-order valence-electron chi connectivity index (χ1n) is 6.85. The summed E-state index contributed by atoms with van der Waals surface area (Å²) in [5.74, 6) is 0.890. The van der Waals surface area contributed by atoms with E-state index in [-0.39, 0.29) is 6.61 Å². The average molecular weight is 259 g/mol. The van der Waals surface area contributed by atoms with Gasteiger partial charge in [-0.05, 0) is 25.5 Å². The molecule has 102 valence electrons. The second kappa shape index (κ2) is 6.48. The van der Waals surface area contributed by atoms with Crippen molar-refractivity contribution >= 4 is 16.9 Å². The third-order valence-corrected chi connectivity index (χ3v) is 3.17. The average Bonchev–Trinajstić information content (AvgIpc) is 2.43. The fourth-order valence-corrected chi connectivity index (χ4v) is 2.17. The van der Waals surface area contributed by atoms with Crippen molar-refractivity contribution in [3.05, 3.63) is 30.0 Å². The smallest absolute Gasteiger partial charge is 0.150 e. The summed E-state index contributed by atoms with van der Waals surface area (Å²) in [7, 11) is 0. The largest absolute Gasteiger partial charge is 0.395 e. The molecular formula is C15H21N3O. The second-order valence-corrected chi connectivity index (χ2v) is 4.69. The normalized spacial score (nSPS) is 10.9. The van der Waals surface area contributed by atoms with Crippen LogP contribution in [-0.4, -0.2) is 34.8 Å². The number of fused-ring (bicyclic) bond motifs is 1. The Bertz CT molecular complexity index is 542. The van der Waals surface area contributed by atoms with E-state index in [9.17, 15) is 5.11 Å². The van der Waals surface area contributed by atoms with Gasteiger partial charge in [0.15, 0.2) is 5.82 Å². The minimum absolute atomic E-state index is 0.137. The molecule has 1 aromatic carbocycles. The number of aliphatic hydroxyl groups excluding tert-OH is 1. The van der Waals surface area contributed by atoms with Crippen LogP contribution in [0.25, 0.3) is 11.0 Å². The number of hydrogen-bond donors (Lipinski definition) is 1. The number of unbranched alkanes of at least 4 members (excludes halogenated alkanes) is 1. The first kappa shape index (κ1) is 13.7. The lowest BCUT2D eigenvalue weighted by atomic mass is 10.2. The molecule has 0 saturated heterocycles. The topological polar surface area (TPSA) is 49.2 Å². The maximum absolute atomic E-state index is 9.21. The van der Waals surface area contributed by atoms with Gasteiger partial charge in [-0.3, -0.25) is 0 Å². The lowest BCUT2D eigenvalue weighted by Gasteiger charge is -2.24. The summed E-state index contributed by atoms with van der Waals surface area (Å²) >= 11 is 0. The molecule has 0 bridgehead atoms. The number of nitrogens with zero attached hydrogens (tertiary/aromatic N) is 3. The van der Waals surface area contributed by atoms with E-state index in [0.29, 0.717) is 6.54 Å². The summed E-state index contributed by atoms with van der Waals surface area (Å²) in [5.41, 5.74) is 2.74. The molecule has 2 aromatic rings. The van der Waals surface area contributed by atoms with E-state index in [2.05, 4.69) is 16.8 Å². The molecule has 0 aliphatic carbocycles. The maximum Gasteiger partial charge on any atom is 0.150 e. The number of anilines is 1. The van der Waals surface area contributed by atoms with E-state index in [1.54, 1.807) is 0 Å². The molecule has 0 aliphatic rings. The van der Waals surface area contributed by atoms with E-state index < -0.39 is 0 Å². The van der Waals surface area contributed by atoms with Gasteiger partial charge in [-0.1, -0.05) is 25.5 Å². The van der Waals surface area contributed by atoms with Crippen LogP contribution in [-0.2, 0) is 0 Å². The summed E-state index contributed by atoms with van der Waals surface area (Å²) in [6.07, 6.45) is 2.22. The Morgan fingerprint density at radius 2 is 1.79 bits per heavy atom. The molecule has 2 rings (SSSR count). The summed E-state index contributed by atoms with van der Waals surface area (Å²) < 4.78 is 0. The van der Waals surface area contributed by atoms with Crippen molar-refractivity contribution in [2.24, 2.45) is 0 Å². The highest BCUT2D eigenvalue weighted by Gasteiger charge is 2.12. The van der Waals surface area contributed by atoms with Crippen LogP contribution in [0.1, 0.15) is 25.5 Å². The van der Waals surface area contributed by atoms with Crippen LogP contribution in [0.2, 0.25) is 0 Å². The van der Waals surface area contributed by atoms with Crippen LogP contribution in [0.3, 0.4) is 0 Å². The van der Waals surface area contributed by atoms with Crippen LogP contribution in [0.4, 0.5) is 5.82 Å². The quantitative estimate of drug-likeness (QED) is 0.866. The third kappa shape index (κ3) is 3.20. The van der Waals surface area contributed by atoms with Gasteiger partial charge in [-0.25, -0.2) is 9.97 Å². The van der Waals surface area contributed by atoms with Gasteiger partial charge in [-0.2, -0.15) is 0 Å². The molecule has 0 atom stereocenters. The fourth-order valence-electron chi connectivity index (χ4n) is 2.17. The lowest BCUT2D eigenvalue weighted by Crippen LogP contribution is -2.29. The summed E-state index contributed by atoms with van der Waals surface area (Å²) in [4.78, 5) is 11.4. The Kier molecular flexibility index (Phi) is 4.68. The Hall–Kier alpha value is -1.68. The highest BCUT2D eigenvalue weighted by Crippen LogP contribution is 2.20. The standard InChI is InChI=1S/C15H21N3O/c1-3-4-9-18(10-11-19)15-12(2)16-13-7-5-6-8-14(13)17-15/h5-8,19H,3-4,9-11H2,1-2H3. The fraction of sp³-hybridized carbons (Fsp3) is 0.467. The zero-order valence-electron chi connectivity index (χ0n) is 11.6. The van der Waals surface area contributed by atoms with Crippen molar-refractivity contribution in [2.75, 3.05) is 24.6 Å². The van der Waals surface area contributed by atoms with E-state index in [1.807, 2.05) is 31.2 Å². The zero-order chi connectivity index (χ0) is 13.7. The predicted molar refractivity (Wildman–Crippen MR) is 78.5 cm³/mol. The number of para-hydroxylation sites is 2. The van der Waals surface area contributed by atoms with Crippen molar-refractivity contribution in [2.45, 2.75) is 26.7 Å². The summed E-state index contributed by atoms with van der Waals surface area (Å²) in [5, 5.41) is 9.21. The molecular weight excluding hydrogens is 238 g/mol. The maximum atomic E-state index is 9.21. The van der Waals surface area contributed by atoms with E-state index in [4.69, 9.17) is 4.98 Å². The van der Waals surface area contributed by atoms with Gasteiger partial charge < -0.3 is 10.0 Å². The number of hydrogen-bond acceptors (Lipinski definition) is 4. The molecule has 0 spiro atoms. The van der Waals surface area contributed by atoms with Crippen molar-refractivity contribution in [1.29, 1.82) is 0 Å². The van der Waals surface area contributed by atoms with Gasteiger partial charge in [0.25, 0.3) is 0 Å². The molecule has 0 saturated carbocycles. The SMILES string of the molecule is CCCCN(CCO)c1nc2ccccc2nc1C. The zero-order valence-corrected chi connectivity index (χ0v) is 11.6. The van der Waals surface area contributed by atoms with Crippen LogP contribution in [0.15, 0.2) is 24.3 Å². The highest BCUT2D eigenvalue weighted by atomic mass is 16.3. The Morgan fingerprint density at radius 3 is 2.42 bits per heavy atom. The Morgan fingerprint density at radius 1 is 1.11 bits per heavy atom. The number of rotatable bonds is 6. The number of aryl methyl sites for hydroxylation is 1. The number of benzene rings is 1. The van der Waals surface area contributed by atoms with Crippen molar-refractivity contribution in [3.8, 4) is 0 Å². The first-order valence-corrected chi connectivity index (χ1v) is 6.85. The lowest BCUT2D eigenvalue weighted by molar-refractivity contribution is 0.301. The molecule has 0 amide bonds. The minimum Gasteiger partial charge on any atom is -0.395 e. The predicted octanol–water partition coefficient (Wildman–Crippen LogP) is 2.54. The molecule has 0 fully saturated rings. The van der Waals surface area contributed by atoms with Crippen molar-refractivity contribution in [1.82, 2.24) is 9.97 Å². The van der Waals surface area contributed by atoms with Gasteiger partial charge in [0.2, 0.25) is 0 Å². The Balaban J connectivity index is 2.37. The molecule has 1 N–H and O–H groups in total. The molecule has 4 heteroatoms. The molecule has 4 nitrogen and oxygen atoms in total. The third-order valence-electron chi connectivity index (χ3n) is 3.17. The van der Waals surface area contributed by atoms with Gasteiger partial charge in [0.05, 0.1) is 23.3 Å². The van der Waals surface area contributed by atoms with E-state index >= 15 is 0 Å². The van der Waals surface area contributed by atoms with Gasteiger partial charge in [0.1, 0.15) is 0 Å². The van der Waals surface area contributed by atoms with E-state index in [1.165, 1.54) is 0 Å². The molecule has 0 aliphatic heterocycles. The van der Waals surface area contributed by atoms with Gasteiger partial charge in [-0.15, -0.1) is 0 Å². The summed E-state index contributed by atoms with van der Waals surface area (Å²) in [6, 6.07) is 7.89. The number of aromatic nitrogens is 2. The number of aliphatic hydroxyl groups is 1. The molecule has 0 unspecified atom stereocenters. The van der Waals surface area contributed by atoms with Crippen LogP contribution >= 0.6 is 0 Å². The van der Waals surface area contributed by atoms with E-state index in [0.717, 1.165) is 41.9 Å². The molecule has 19 heavy (non-hydrogen) atoms. The molecule has 1 aromatic heterocycles. The second-order valence-electron chi connectivity index (χ2n) is 4.69. The van der Waals surface area contributed by atoms with Crippen molar-refractivity contribution < 1.29 is 5.11 Å².